The Morgan fingerprint density at radius 2 is 1.88 bits per heavy atom. The second-order valence-electron chi connectivity index (χ2n) is 5.51. The van der Waals surface area contributed by atoms with E-state index in [-0.39, 0.29) is 16.4 Å². The molecular formula is C16H20N4O4S. The summed E-state index contributed by atoms with van der Waals surface area (Å²) in [6, 6.07) is 8.73. The largest absolute Gasteiger partial charge is 0.352 e. The third-order valence-corrected chi connectivity index (χ3v) is 5.34. The Morgan fingerprint density at radius 1 is 1.20 bits per heavy atom. The van der Waals surface area contributed by atoms with Gasteiger partial charge in [-0.1, -0.05) is 0 Å². The lowest BCUT2D eigenvalue weighted by molar-refractivity contribution is 0.0952. The summed E-state index contributed by atoms with van der Waals surface area (Å²) in [6.45, 7) is 0.777. The van der Waals surface area contributed by atoms with Gasteiger partial charge in [-0.3, -0.25) is 9.59 Å². The van der Waals surface area contributed by atoms with E-state index in [0.717, 1.165) is 4.31 Å². The molecule has 1 amide bonds. The summed E-state index contributed by atoms with van der Waals surface area (Å²) >= 11 is 0. The van der Waals surface area contributed by atoms with Crippen LogP contribution in [-0.2, 0) is 16.6 Å². The van der Waals surface area contributed by atoms with Gasteiger partial charge in [-0.2, -0.15) is 5.10 Å². The summed E-state index contributed by atoms with van der Waals surface area (Å²) in [5, 5.41) is 6.66. The fourth-order valence-corrected chi connectivity index (χ4v) is 2.98. The van der Waals surface area contributed by atoms with Gasteiger partial charge in [-0.15, -0.1) is 0 Å². The summed E-state index contributed by atoms with van der Waals surface area (Å²) < 4.78 is 26.4. The quantitative estimate of drug-likeness (QED) is 0.713. The molecule has 0 saturated heterocycles. The van der Waals surface area contributed by atoms with E-state index in [1.54, 1.807) is 6.07 Å². The van der Waals surface area contributed by atoms with Crippen molar-refractivity contribution in [2.24, 2.45) is 0 Å². The SMILES string of the molecule is CN(C)S(=O)(=O)c1ccc(C(=O)NCCCn2ncccc2=O)cc1. The van der Waals surface area contributed by atoms with E-state index in [9.17, 15) is 18.0 Å². The number of nitrogens with one attached hydrogen (secondary N) is 1. The van der Waals surface area contributed by atoms with Crippen molar-refractivity contribution in [3.05, 3.63) is 58.5 Å². The van der Waals surface area contributed by atoms with Gasteiger partial charge in [0.2, 0.25) is 10.0 Å². The normalized spacial score (nSPS) is 11.5. The maximum Gasteiger partial charge on any atom is 0.266 e. The zero-order chi connectivity index (χ0) is 18.4. The third-order valence-electron chi connectivity index (χ3n) is 3.51. The highest BCUT2D eigenvalue weighted by molar-refractivity contribution is 7.89. The molecule has 0 spiro atoms. The average Bonchev–Trinajstić information content (AvgIpc) is 2.60. The molecule has 1 aromatic heterocycles. The highest BCUT2D eigenvalue weighted by Crippen LogP contribution is 2.13. The van der Waals surface area contributed by atoms with E-state index in [4.69, 9.17) is 0 Å². The first-order valence-electron chi connectivity index (χ1n) is 7.65. The molecule has 0 atom stereocenters. The maximum atomic E-state index is 12.1. The molecule has 0 fully saturated rings. The van der Waals surface area contributed by atoms with E-state index in [0.29, 0.717) is 25.1 Å². The predicted molar refractivity (Wildman–Crippen MR) is 92.8 cm³/mol. The number of hydrogen-bond acceptors (Lipinski definition) is 5. The third kappa shape index (κ3) is 4.74. The van der Waals surface area contributed by atoms with Crippen LogP contribution < -0.4 is 10.9 Å². The molecule has 1 heterocycles. The number of carbonyl (C=O) groups is 1. The van der Waals surface area contributed by atoms with Gasteiger partial charge in [0.05, 0.1) is 4.90 Å². The number of nitrogens with zero attached hydrogens (tertiary/aromatic N) is 3. The summed E-state index contributed by atoms with van der Waals surface area (Å²) in [5.41, 5.74) is 0.180. The van der Waals surface area contributed by atoms with Crippen LogP contribution in [0.15, 0.2) is 52.3 Å². The minimum absolute atomic E-state index is 0.128. The van der Waals surface area contributed by atoms with E-state index in [2.05, 4.69) is 10.4 Å². The van der Waals surface area contributed by atoms with Crippen molar-refractivity contribution < 1.29 is 13.2 Å². The molecular weight excluding hydrogens is 344 g/mol. The summed E-state index contributed by atoms with van der Waals surface area (Å²) in [7, 11) is -0.618. The number of hydrogen-bond donors (Lipinski definition) is 1. The molecule has 0 aliphatic carbocycles. The van der Waals surface area contributed by atoms with Crippen molar-refractivity contribution in [1.82, 2.24) is 19.4 Å². The first kappa shape index (κ1) is 18.8. The van der Waals surface area contributed by atoms with Crippen molar-refractivity contribution in [1.29, 1.82) is 0 Å². The predicted octanol–water partition coefficient (Wildman–Crippen LogP) is 0.314. The Balaban J connectivity index is 1.89. The van der Waals surface area contributed by atoms with Crippen LogP contribution >= 0.6 is 0 Å². The number of sulfonamides is 1. The Bertz CT molecular complexity index is 889. The van der Waals surface area contributed by atoms with Crippen LogP contribution in [0.3, 0.4) is 0 Å². The van der Waals surface area contributed by atoms with Crippen LogP contribution in [0.2, 0.25) is 0 Å². The smallest absolute Gasteiger partial charge is 0.266 e. The van der Waals surface area contributed by atoms with Gasteiger partial charge in [0.15, 0.2) is 0 Å². The van der Waals surface area contributed by atoms with Crippen LogP contribution in [0.4, 0.5) is 0 Å². The lowest BCUT2D eigenvalue weighted by atomic mass is 10.2. The number of benzene rings is 1. The first-order valence-corrected chi connectivity index (χ1v) is 9.09. The van der Waals surface area contributed by atoms with Crippen LogP contribution in [0.5, 0.6) is 0 Å². The summed E-state index contributed by atoms with van der Waals surface area (Å²) in [4.78, 5) is 23.7. The second kappa shape index (κ2) is 8.04. The minimum atomic E-state index is -3.51. The molecule has 0 aliphatic heterocycles. The van der Waals surface area contributed by atoms with Crippen molar-refractivity contribution in [3.8, 4) is 0 Å². The zero-order valence-electron chi connectivity index (χ0n) is 14.0. The van der Waals surface area contributed by atoms with Crippen molar-refractivity contribution >= 4 is 15.9 Å². The summed E-state index contributed by atoms with van der Waals surface area (Å²) in [6.07, 6.45) is 2.08. The van der Waals surface area contributed by atoms with Gasteiger partial charge < -0.3 is 5.32 Å². The van der Waals surface area contributed by atoms with Gasteiger partial charge in [-0.05, 0) is 36.8 Å². The maximum absolute atomic E-state index is 12.1. The highest BCUT2D eigenvalue weighted by Gasteiger charge is 2.17. The van der Waals surface area contributed by atoms with Crippen LogP contribution in [0, 0.1) is 0 Å². The number of amides is 1. The molecule has 8 nitrogen and oxygen atoms in total. The minimum Gasteiger partial charge on any atom is -0.352 e. The van der Waals surface area contributed by atoms with Gasteiger partial charge in [-0.25, -0.2) is 17.4 Å². The van der Waals surface area contributed by atoms with Crippen molar-refractivity contribution in [2.75, 3.05) is 20.6 Å². The Labute approximate surface area is 146 Å². The van der Waals surface area contributed by atoms with Crippen LogP contribution in [-0.4, -0.2) is 49.1 Å². The van der Waals surface area contributed by atoms with Crippen molar-refractivity contribution in [3.63, 3.8) is 0 Å². The lowest BCUT2D eigenvalue weighted by Gasteiger charge is -2.11. The Morgan fingerprint density at radius 3 is 2.48 bits per heavy atom. The molecule has 1 N–H and O–H groups in total. The fraction of sp³-hybridized carbons (Fsp3) is 0.312. The van der Waals surface area contributed by atoms with Crippen LogP contribution in [0.1, 0.15) is 16.8 Å². The molecule has 25 heavy (non-hydrogen) atoms. The second-order valence-corrected chi connectivity index (χ2v) is 7.66. The van der Waals surface area contributed by atoms with E-state index >= 15 is 0 Å². The zero-order valence-corrected chi connectivity index (χ0v) is 14.9. The standard InChI is InChI=1S/C16H20N4O4S/c1-19(2)25(23,24)14-8-6-13(7-9-14)16(22)17-10-4-12-20-15(21)5-3-11-18-20/h3,5-9,11H,4,10,12H2,1-2H3,(H,17,22). The molecule has 134 valence electrons. The molecule has 0 radical (unpaired) electrons. The molecule has 0 saturated carbocycles. The highest BCUT2D eigenvalue weighted by atomic mass is 32.2. The monoisotopic (exact) mass is 364 g/mol. The summed E-state index contributed by atoms with van der Waals surface area (Å²) in [5.74, 6) is -0.304. The van der Waals surface area contributed by atoms with Crippen LogP contribution in [0.25, 0.3) is 0 Å². The van der Waals surface area contributed by atoms with Gasteiger partial charge in [0.1, 0.15) is 0 Å². The Hall–Kier alpha value is -2.52. The fourth-order valence-electron chi connectivity index (χ4n) is 2.08. The first-order chi connectivity index (χ1) is 11.8. The molecule has 1 aromatic carbocycles. The number of aromatic nitrogens is 2. The number of rotatable bonds is 7. The van der Waals surface area contributed by atoms with Crippen molar-refractivity contribution in [2.45, 2.75) is 17.9 Å². The van der Waals surface area contributed by atoms with E-state index < -0.39 is 10.0 Å². The number of aryl methyl sites for hydroxylation is 1. The molecule has 9 heteroatoms. The van der Waals surface area contributed by atoms with E-state index in [1.807, 2.05) is 0 Å². The van der Waals surface area contributed by atoms with E-state index in [1.165, 1.54) is 55.3 Å². The average molecular weight is 364 g/mol. The van der Waals surface area contributed by atoms with Gasteiger partial charge in [0, 0.05) is 45.0 Å². The molecule has 2 rings (SSSR count). The molecule has 2 aromatic rings. The lowest BCUT2D eigenvalue weighted by Crippen LogP contribution is -2.28. The molecule has 0 aliphatic rings. The topological polar surface area (TPSA) is 101 Å². The molecule has 0 bridgehead atoms. The van der Waals surface area contributed by atoms with Gasteiger partial charge >= 0.3 is 0 Å². The molecule has 0 unspecified atom stereocenters. The Kier molecular flexibility index (Phi) is 6.05. The van der Waals surface area contributed by atoms with Gasteiger partial charge in [0.25, 0.3) is 11.5 Å². The number of carbonyl (C=O) groups excluding carboxylic acids is 1.